The molecule has 1 aromatic rings. The zero-order valence-electron chi connectivity index (χ0n) is 10.6. The van der Waals surface area contributed by atoms with Gasteiger partial charge in [0, 0.05) is 16.8 Å². The summed E-state index contributed by atoms with van der Waals surface area (Å²) in [4.78, 5) is 11.3. The number of carbonyl (C=O) groups is 1. The van der Waals surface area contributed by atoms with Crippen LogP contribution in [0.25, 0.3) is 0 Å². The first-order valence-electron chi connectivity index (χ1n) is 5.83. The molecule has 100 valence electrons. The van der Waals surface area contributed by atoms with Crippen molar-refractivity contribution in [2.75, 3.05) is 18.1 Å². The van der Waals surface area contributed by atoms with Gasteiger partial charge in [-0.05, 0) is 38.1 Å². The molecule has 0 fully saturated rings. The summed E-state index contributed by atoms with van der Waals surface area (Å²) in [6.07, 6.45) is 0. The molecule has 0 unspecified atom stereocenters. The Kier molecular flexibility index (Phi) is 6.98. The van der Waals surface area contributed by atoms with E-state index in [0.717, 1.165) is 11.5 Å². The van der Waals surface area contributed by atoms with Gasteiger partial charge in [-0.1, -0.05) is 11.6 Å². The largest absolute Gasteiger partial charge is 0.493 e. The summed E-state index contributed by atoms with van der Waals surface area (Å²) in [5, 5.41) is 3.54. The summed E-state index contributed by atoms with van der Waals surface area (Å²) in [7, 11) is 0. The summed E-state index contributed by atoms with van der Waals surface area (Å²) < 4.78 is 5.51. The van der Waals surface area contributed by atoms with Crippen LogP contribution < -0.4 is 10.1 Å². The average Bonchev–Trinajstić information content (AvgIpc) is 2.30. The van der Waals surface area contributed by atoms with E-state index in [1.54, 1.807) is 23.9 Å². The fourth-order valence-corrected chi connectivity index (χ4v) is 2.02. The minimum atomic E-state index is 0.0708. The van der Waals surface area contributed by atoms with Crippen molar-refractivity contribution in [2.45, 2.75) is 19.9 Å². The van der Waals surface area contributed by atoms with Gasteiger partial charge in [-0.25, -0.2) is 0 Å². The van der Waals surface area contributed by atoms with E-state index in [9.17, 15) is 4.79 Å². The lowest BCUT2D eigenvalue weighted by molar-refractivity contribution is -0.119. The second-order valence-electron chi connectivity index (χ2n) is 4.08. The molecule has 0 aromatic heterocycles. The van der Waals surface area contributed by atoms with E-state index in [2.05, 4.69) is 5.32 Å². The van der Waals surface area contributed by atoms with Crippen molar-refractivity contribution in [3.8, 4) is 5.75 Å². The molecule has 0 atom stereocenters. The fourth-order valence-electron chi connectivity index (χ4n) is 1.28. The number of amides is 1. The van der Waals surface area contributed by atoms with E-state index in [0.29, 0.717) is 17.4 Å². The average molecular weight is 288 g/mol. The van der Waals surface area contributed by atoms with Gasteiger partial charge >= 0.3 is 0 Å². The lowest BCUT2D eigenvalue weighted by Gasteiger charge is -2.08. The first-order chi connectivity index (χ1) is 8.58. The number of halogens is 1. The number of hydrogen-bond donors (Lipinski definition) is 1. The van der Waals surface area contributed by atoms with Gasteiger partial charge in [0.05, 0.1) is 12.4 Å². The molecule has 0 aliphatic carbocycles. The van der Waals surface area contributed by atoms with Gasteiger partial charge in [-0.2, -0.15) is 0 Å². The van der Waals surface area contributed by atoms with E-state index in [1.165, 1.54) is 0 Å². The normalized spacial score (nSPS) is 10.4. The molecule has 0 aliphatic rings. The maximum absolute atomic E-state index is 11.3. The summed E-state index contributed by atoms with van der Waals surface area (Å²) in [6.45, 7) is 4.49. The molecule has 18 heavy (non-hydrogen) atoms. The van der Waals surface area contributed by atoms with E-state index < -0.39 is 0 Å². The Hall–Kier alpha value is -0.870. The molecule has 1 aromatic carbocycles. The highest BCUT2D eigenvalue weighted by molar-refractivity contribution is 7.99. The first kappa shape index (κ1) is 15.2. The minimum absolute atomic E-state index is 0.0708. The van der Waals surface area contributed by atoms with E-state index in [4.69, 9.17) is 16.3 Å². The third-order valence-electron chi connectivity index (χ3n) is 1.99. The lowest BCUT2D eigenvalue weighted by atomic mass is 10.3. The summed E-state index contributed by atoms with van der Waals surface area (Å²) in [5.41, 5.74) is 0. The molecule has 0 saturated heterocycles. The standard InChI is InChI=1S/C13H18ClNO2S/c1-10(2)15-13(16)9-18-8-7-17-12-5-3-11(14)4-6-12/h3-6,10H,7-9H2,1-2H3,(H,15,16). The molecule has 1 amide bonds. The van der Waals surface area contributed by atoms with Crippen LogP contribution in [0.4, 0.5) is 0 Å². The van der Waals surface area contributed by atoms with Crippen LogP contribution in [0.1, 0.15) is 13.8 Å². The lowest BCUT2D eigenvalue weighted by Crippen LogP contribution is -2.31. The molecule has 1 N–H and O–H groups in total. The molecule has 0 aliphatic heterocycles. The molecular weight excluding hydrogens is 270 g/mol. The number of hydrogen-bond acceptors (Lipinski definition) is 3. The van der Waals surface area contributed by atoms with E-state index >= 15 is 0 Å². The topological polar surface area (TPSA) is 38.3 Å². The molecule has 0 bridgehead atoms. The van der Waals surface area contributed by atoms with Crippen LogP contribution >= 0.6 is 23.4 Å². The monoisotopic (exact) mass is 287 g/mol. The van der Waals surface area contributed by atoms with Crippen LogP contribution in [0.3, 0.4) is 0 Å². The van der Waals surface area contributed by atoms with Crippen LogP contribution in [0.15, 0.2) is 24.3 Å². The van der Waals surface area contributed by atoms with Crippen LogP contribution in [0.5, 0.6) is 5.75 Å². The van der Waals surface area contributed by atoms with Gasteiger partial charge in [-0.3, -0.25) is 4.79 Å². The number of carbonyl (C=O) groups excluding carboxylic acids is 1. The maximum Gasteiger partial charge on any atom is 0.230 e. The zero-order valence-corrected chi connectivity index (χ0v) is 12.2. The summed E-state index contributed by atoms with van der Waals surface area (Å²) in [5.74, 6) is 2.13. The molecule has 3 nitrogen and oxygen atoms in total. The second kappa shape index (κ2) is 8.27. The predicted molar refractivity (Wildman–Crippen MR) is 77.6 cm³/mol. The Labute approximate surface area is 117 Å². The third kappa shape index (κ3) is 6.77. The van der Waals surface area contributed by atoms with Gasteiger partial charge in [0.15, 0.2) is 0 Å². The van der Waals surface area contributed by atoms with Crippen molar-refractivity contribution < 1.29 is 9.53 Å². The molecule has 0 radical (unpaired) electrons. The highest BCUT2D eigenvalue weighted by Crippen LogP contribution is 2.15. The van der Waals surface area contributed by atoms with E-state index in [-0.39, 0.29) is 11.9 Å². The smallest absolute Gasteiger partial charge is 0.230 e. The van der Waals surface area contributed by atoms with Gasteiger partial charge in [0.2, 0.25) is 5.91 Å². The molecule has 0 heterocycles. The minimum Gasteiger partial charge on any atom is -0.493 e. The van der Waals surface area contributed by atoms with Gasteiger partial charge in [0.25, 0.3) is 0 Å². The van der Waals surface area contributed by atoms with Crippen molar-refractivity contribution in [1.29, 1.82) is 0 Å². The molecule has 0 saturated carbocycles. The van der Waals surface area contributed by atoms with Crippen molar-refractivity contribution >= 4 is 29.3 Å². The Morgan fingerprint density at radius 3 is 2.67 bits per heavy atom. The van der Waals surface area contributed by atoms with E-state index in [1.807, 2.05) is 26.0 Å². The van der Waals surface area contributed by atoms with Crippen LogP contribution in [0, 0.1) is 0 Å². The Morgan fingerprint density at radius 2 is 2.06 bits per heavy atom. The third-order valence-corrected chi connectivity index (χ3v) is 3.17. The molecule has 1 rings (SSSR count). The van der Waals surface area contributed by atoms with Gasteiger partial charge in [-0.15, -0.1) is 11.8 Å². The predicted octanol–water partition coefficient (Wildman–Crippen LogP) is 2.98. The number of rotatable bonds is 7. The molecule has 0 spiro atoms. The Bertz CT molecular complexity index is 368. The SMILES string of the molecule is CC(C)NC(=O)CSCCOc1ccc(Cl)cc1. The Balaban J connectivity index is 2.08. The fraction of sp³-hybridized carbons (Fsp3) is 0.462. The summed E-state index contributed by atoms with van der Waals surface area (Å²) >= 11 is 7.33. The second-order valence-corrected chi connectivity index (χ2v) is 5.62. The first-order valence-corrected chi connectivity index (χ1v) is 7.36. The zero-order chi connectivity index (χ0) is 13.4. The molecule has 5 heteroatoms. The Morgan fingerprint density at radius 1 is 1.39 bits per heavy atom. The maximum atomic E-state index is 11.3. The van der Waals surface area contributed by atoms with Crippen molar-refractivity contribution in [2.24, 2.45) is 0 Å². The van der Waals surface area contributed by atoms with Crippen molar-refractivity contribution in [3.63, 3.8) is 0 Å². The van der Waals surface area contributed by atoms with Gasteiger partial charge < -0.3 is 10.1 Å². The number of thioether (sulfide) groups is 1. The number of nitrogens with one attached hydrogen (secondary N) is 1. The highest BCUT2D eigenvalue weighted by Gasteiger charge is 2.02. The molecular formula is C13H18ClNO2S. The summed E-state index contributed by atoms with van der Waals surface area (Å²) in [6, 6.07) is 7.44. The van der Waals surface area contributed by atoms with Crippen molar-refractivity contribution in [1.82, 2.24) is 5.32 Å². The van der Waals surface area contributed by atoms with Crippen LogP contribution in [-0.2, 0) is 4.79 Å². The van der Waals surface area contributed by atoms with Crippen LogP contribution in [-0.4, -0.2) is 30.1 Å². The number of benzene rings is 1. The van der Waals surface area contributed by atoms with Gasteiger partial charge in [0.1, 0.15) is 5.75 Å². The van der Waals surface area contributed by atoms with Crippen LogP contribution in [0.2, 0.25) is 5.02 Å². The number of ether oxygens (including phenoxy) is 1. The quantitative estimate of drug-likeness (QED) is 0.784. The van der Waals surface area contributed by atoms with Crippen molar-refractivity contribution in [3.05, 3.63) is 29.3 Å². The highest BCUT2D eigenvalue weighted by atomic mass is 35.5.